The lowest BCUT2D eigenvalue weighted by Crippen LogP contribution is -2.30. The number of nitriles is 1. The highest BCUT2D eigenvalue weighted by Gasteiger charge is 2.25. The minimum atomic E-state index is -3.60. The zero-order chi connectivity index (χ0) is 18.3. The van der Waals surface area contributed by atoms with Crippen LogP contribution in [0.5, 0.6) is 0 Å². The summed E-state index contributed by atoms with van der Waals surface area (Å²) < 4.78 is 26.2. The molecule has 0 aliphatic carbocycles. The Hall–Kier alpha value is -2.04. The lowest BCUT2D eigenvalue weighted by molar-refractivity contribution is -0.115. The van der Waals surface area contributed by atoms with Crippen LogP contribution in [-0.2, 0) is 14.8 Å². The molecule has 1 heterocycles. The van der Waals surface area contributed by atoms with Crippen molar-refractivity contribution in [2.75, 3.05) is 13.1 Å². The van der Waals surface area contributed by atoms with E-state index in [0.29, 0.717) is 25.1 Å². The summed E-state index contributed by atoms with van der Waals surface area (Å²) in [4.78, 5) is 16.4. The van der Waals surface area contributed by atoms with E-state index in [9.17, 15) is 18.5 Å². The van der Waals surface area contributed by atoms with Crippen molar-refractivity contribution in [1.82, 2.24) is 9.29 Å². The zero-order valence-electron chi connectivity index (χ0n) is 14.5. The first-order chi connectivity index (χ1) is 11.3. The number of nitrogens with zero attached hydrogens (tertiary/aromatic N) is 3. The molecule has 0 N–H and O–H groups in total. The standard InChI is InChI=1S/C17H23N3O3S/c1-5-8-13(4)17(21)15(11-18)16-10-9-14(12-19-16)24(22,23)20(6-2)7-3/h8-10,12,15H,5-7H2,1-4H3/b13-8+/t15-/m0/s1. The van der Waals surface area contributed by atoms with Crippen molar-refractivity contribution in [3.05, 3.63) is 35.7 Å². The minimum absolute atomic E-state index is 0.0555. The van der Waals surface area contributed by atoms with Crippen LogP contribution in [0.25, 0.3) is 0 Å². The van der Waals surface area contributed by atoms with E-state index < -0.39 is 15.9 Å². The van der Waals surface area contributed by atoms with Gasteiger partial charge in [-0.1, -0.05) is 26.8 Å². The largest absolute Gasteiger partial charge is 0.293 e. The monoisotopic (exact) mass is 349 g/mol. The van der Waals surface area contributed by atoms with Gasteiger partial charge < -0.3 is 0 Å². The molecule has 0 saturated heterocycles. The van der Waals surface area contributed by atoms with E-state index in [2.05, 4.69) is 4.98 Å². The van der Waals surface area contributed by atoms with Gasteiger partial charge in [0.1, 0.15) is 4.90 Å². The van der Waals surface area contributed by atoms with E-state index >= 15 is 0 Å². The van der Waals surface area contributed by atoms with Gasteiger partial charge in [-0.3, -0.25) is 9.78 Å². The summed E-state index contributed by atoms with van der Waals surface area (Å²) in [7, 11) is -3.60. The zero-order valence-corrected chi connectivity index (χ0v) is 15.3. The number of hydrogen-bond acceptors (Lipinski definition) is 5. The molecule has 0 fully saturated rings. The molecule has 0 bridgehead atoms. The van der Waals surface area contributed by atoms with Gasteiger partial charge in [-0.2, -0.15) is 9.57 Å². The normalized spacial score (nSPS) is 13.6. The van der Waals surface area contributed by atoms with Crippen LogP contribution < -0.4 is 0 Å². The maximum atomic E-state index is 12.4. The lowest BCUT2D eigenvalue weighted by atomic mass is 9.95. The quantitative estimate of drug-likeness (QED) is 0.673. The number of rotatable bonds is 8. The highest BCUT2D eigenvalue weighted by Crippen LogP contribution is 2.21. The molecule has 1 aromatic rings. The SMILES string of the molecule is CC/C=C(\C)C(=O)[C@@H](C#N)c1ccc(S(=O)(=O)N(CC)CC)cn1. The molecule has 1 atom stereocenters. The van der Waals surface area contributed by atoms with Gasteiger partial charge in [0.05, 0.1) is 11.8 Å². The molecule has 0 saturated carbocycles. The Morgan fingerprint density at radius 1 is 1.33 bits per heavy atom. The van der Waals surface area contributed by atoms with Gasteiger partial charge in [-0.15, -0.1) is 0 Å². The first-order valence-corrected chi connectivity index (χ1v) is 9.34. The number of pyridine rings is 1. The second-order valence-electron chi connectivity index (χ2n) is 5.23. The van der Waals surface area contributed by atoms with Crippen molar-refractivity contribution < 1.29 is 13.2 Å². The van der Waals surface area contributed by atoms with E-state index in [0.717, 1.165) is 0 Å². The van der Waals surface area contributed by atoms with Gasteiger partial charge in [0.25, 0.3) is 0 Å². The van der Waals surface area contributed by atoms with Gasteiger partial charge in [0.2, 0.25) is 10.0 Å². The van der Waals surface area contributed by atoms with Crippen molar-refractivity contribution in [2.24, 2.45) is 0 Å². The fourth-order valence-electron chi connectivity index (χ4n) is 2.32. The molecule has 1 aromatic heterocycles. The Bertz CT molecular complexity index is 742. The lowest BCUT2D eigenvalue weighted by Gasteiger charge is -2.18. The molecule has 0 spiro atoms. The van der Waals surface area contributed by atoms with Crippen LogP contribution in [0.2, 0.25) is 0 Å². The predicted octanol–water partition coefficient (Wildman–Crippen LogP) is 2.64. The summed E-state index contributed by atoms with van der Waals surface area (Å²) in [5, 5.41) is 9.30. The Labute approximate surface area is 143 Å². The van der Waals surface area contributed by atoms with Crippen molar-refractivity contribution in [1.29, 1.82) is 5.26 Å². The summed E-state index contributed by atoms with van der Waals surface area (Å²) in [5.74, 6) is -1.34. The Kier molecular flexibility index (Phi) is 7.26. The molecule has 0 aromatic carbocycles. The molecule has 1 rings (SSSR count). The maximum Gasteiger partial charge on any atom is 0.244 e. The molecular weight excluding hydrogens is 326 g/mol. The molecule has 0 aliphatic heterocycles. The number of carbonyl (C=O) groups is 1. The molecule has 24 heavy (non-hydrogen) atoms. The van der Waals surface area contributed by atoms with Crippen LogP contribution >= 0.6 is 0 Å². The van der Waals surface area contributed by atoms with Crippen LogP contribution in [0, 0.1) is 11.3 Å². The molecule has 0 aliphatic rings. The first-order valence-electron chi connectivity index (χ1n) is 7.90. The van der Waals surface area contributed by atoms with Crippen molar-refractivity contribution in [3.63, 3.8) is 0 Å². The van der Waals surface area contributed by atoms with Gasteiger partial charge in [0.15, 0.2) is 11.7 Å². The van der Waals surface area contributed by atoms with Crippen molar-refractivity contribution in [2.45, 2.75) is 44.9 Å². The molecular formula is C17H23N3O3S. The topological polar surface area (TPSA) is 91.1 Å². The summed E-state index contributed by atoms with van der Waals surface area (Å²) in [5.41, 5.74) is 0.760. The third-order valence-electron chi connectivity index (χ3n) is 3.69. The van der Waals surface area contributed by atoms with Crippen LogP contribution in [0.1, 0.15) is 45.7 Å². The molecule has 0 radical (unpaired) electrons. The second kappa shape index (κ2) is 8.71. The molecule has 7 heteroatoms. The van der Waals surface area contributed by atoms with Crippen LogP contribution in [0.15, 0.2) is 34.9 Å². The number of allylic oxidation sites excluding steroid dienone is 2. The fourth-order valence-corrected chi connectivity index (χ4v) is 3.73. The fraction of sp³-hybridized carbons (Fsp3) is 0.471. The average Bonchev–Trinajstić information content (AvgIpc) is 2.57. The third-order valence-corrected chi connectivity index (χ3v) is 5.72. The Morgan fingerprint density at radius 3 is 2.38 bits per heavy atom. The molecule has 0 amide bonds. The maximum absolute atomic E-state index is 12.4. The number of ketones is 1. The van der Waals surface area contributed by atoms with Gasteiger partial charge in [0, 0.05) is 19.3 Å². The highest BCUT2D eigenvalue weighted by molar-refractivity contribution is 7.89. The van der Waals surface area contributed by atoms with Gasteiger partial charge in [-0.25, -0.2) is 8.42 Å². The Balaban J connectivity index is 3.17. The summed E-state index contributed by atoms with van der Waals surface area (Å²) in [6.45, 7) is 7.81. The number of sulfonamides is 1. The van der Waals surface area contributed by atoms with Crippen molar-refractivity contribution in [3.8, 4) is 6.07 Å². The van der Waals surface area contributed by atoms with E-state index in [1.54, 1.807) is 26.8 Å². The average molecular weight is 349 g/mol. The van der Waals surface area contributed by atoms with Gasteiger partial charge in [-0.05, 0) is 31.1 Å². The molecule has 130 valence electrons. The number of Topliss-reactive ketones (excluding diaryl/α,β-unsaturated/α-hetero) is 1. The summed E-state index contributed by atoms with van der Waals surface area (Å²) in [6.07, 6.45) is 3.66. The number of carbonyl (C=O) groups excluding carboxylic acids is 1. The van der Waals surface area contributed by atoms with E-state index in [1.165, 1.54) is 22.6 Å². The van der Waals surface area contributed by atoms with E-state index in [4.69, 9.17) is 0 Å². The van der Waals surface area contributed by atoms with E-state index in [1.807, 2.05) is 13.0 Å². The number of hydrogen-bond donors (Lipinski definition) is 0. The van der Waals surface area contributed by atoms with Crippen LogP contribution in [-0.4, -0.2) is 36.6 Å². The van der Waals surface area contributed by atoms with Gasteiger partial charge >= 0.3 is 0 Å². The van der Waals surface area contributed by atoms with Crippen LogP contribution in [0.4, 0.5) is 0 Å². The summed E-state index contributed by atoms with van der Waals surface area (Å²) >= 11 is 0. The number of aromatic nitrogens is 1. The second-order valence-corrected chi connectivity index (χ2v) is 7.17. The summed E-state index contributed by atoms with van der Waals surface area (Å²) in [6, 6.07) is 4.78. The minimum Gasteiger partial charge on any atom is -0.293 e. The smallest absolute Gasteiger partial charge is 0.244 e. The van der Waals surface area contributed by atoms with E-state index in [-0.39, 0.29) is 16.4 Å². The van der Waals surface area contributed by atoms with Crippen LogP contribution in [0.3, 0.4) is 0 Å². The first kappa shape index (κ1) is 20.0. The molecule has 6 nitrogen and oxygen atoms in total. The highest BCUT2D eigenvalue weighted by atomic mass is 32.2. The third kappa shape index (κ3) is 4.28. The molecule has 0 unspecified atom stereocenters. The van der Waals surface area contributed by atoms with Crippen molar-refractivity contribution >= 4 is 15.8 Å². The predicted molar refractivity (Wildman–Crippen MR) is 91.8 cm³/mol. The Morgan fingerprint density at radius 2 is 1.96 bits per heavy atom.